The highest BCUT2D eigenvalue weighted by Crippen LogP contribution is 2.21. The largest absolute Gasteiger partial charge is 0.352 e. The maximum Gasteiger partial charge on any atom is 0.227 e. The number of hydrogen-bond acceptors (Lipinski definition) is 3. The van der Waals surface area contributed by atoms with Crippen LogP contribution in [0.15, 0.2) is 47.6 Å². The summed E-state index contributed by atoms with van der Waals surface area (Å²) in [6.45, 7) is 4.16. The second-order valence-corrected chi connectivity index (χ2v) is 6.36. The molecular weight excluding hydrogens is 326 g/mol. The van der Waals surface area contributed by atoms with Gasteiger partial charge in [-0.2, -0.15) is 0 Å². The van der Waals surface area contributed by atoms with E-state index in [1.54, 1.807) is 13.2 Å². The van der Waals surface area contributed by atoms with Crippen LogP contribution >= 0.6 is 0 Å². The number of nitrogens with zero attached hydrogens (tertiary/aromatic N) is 3. The lowest BCUT2D eigenvalue weighted by atomic mass is 10.2. The van der Waals surface area contributed by atoms with Crippen LogP contribution in [0.2, 0.25) is 0 Å². The van der Waals surface area contributed by atoms with Crippen molar-refractivity contribution < 1.29 is 4.79 Å². The molecule has 1 aliphatic rings. The maximum absolute atomic E-state index is 11.8. The summed E-state index contributed by atoms with van der Waals surface area (Å²) in [7, 11) is 1.75. The first kappa shape index (κ1) is 17.9. The Morgan fingerprint density at radius 1 is 1.19 bits per heavy atom. The molecule has 1 aromatic carbocycles. The standard InChI is InChI=1S/C20H25N5O/c1-15-5-3-11-22-18(15)14-24-20(21-2)23-13-16-7-9-17(10-8-16)25-12-4-6-19(25)26/h3,5,7-11H,4,6,12-14H2,1-2H3,(H2,21,23,24). The molecule has 2 N–H and O–H groups in total. The number of aromatic nitrogens is 1. The van der Waals surface area contributed by atoms with Crippen LogP contribution in [0.3, 0.4) is 0 Å². The van der Waals surface area contributed by atoms with Crippen LogP contribution in [-0.2, 0) is 17.9 Å². The van der Waals surface area contributed by atoms with Gasteiger partial charge in [0.25, 0.3) is 0 Å². The van der Waals surface area contributed by atoms with Gasteiger partial charge in [-0.3, -0.25) is 14.8 Å². The van der Waals surface area contributed by atoms with E-state index in [0.29, 0.717) is 19.5 Å². The molecular formula is C20H25N5O. The lowest BCUT2D eigenvalue weighted by Crippen LogP contribution is -2.36. The van der Waals surface area contributed by atoms with Gasteiger partial charge in [-0.15, -0.1) is 0 Å². The van der Waals surface area contributed by atoms with Gasteiger partial charge in [0.05, 0.1) is 12.2 Å². The number of hydrogen-bond donors (Lipinski definition) is 2. The minimum Gasteiger partial charge on any atom is -0.352 e. The van der Waals surface area contributed by atoms with Crippen molar-refractivity contribution in [3.63, 3.8) is 0 Å². The quantitative estimate of drug-likeness (QED) is 0.641. The summed E-state index contributed by atoms with van der Waals surface area (Å²) in [5.41, 5.74) is 4.28. The number of anilines is 1. The summed E-state index contributed by atoms with van der Waals surface area (Å²) < 4.78 is 0. The molecule has 0 bridgehead atoms. The van der Waals surface area contributed by atoms with E-state index in [4.69, 9.17) is 0 Å². The molecule has 1 aromatic heterocycles. The fraction of sp³-hybridized carbons (Fsp3) is 0.350. The third kappa shape index (κ3) is 4.39. The van der Waals surface area contributed by atoms with Crippen molar-refractivity contribution in [2.75, 3.05) is 18.5 Å². The Balaban J connectivity index is 1.52. The summed E-state index contributed by atoms with van der Waals surface area (Å²) in [5, 5.41) is 6.59. The highest BCUT2D eigenvalue weighted by atomic mass is 16.2. The SMILES string of the molecule is CN=C(NCc1ccc(N2CCCC2=O)cc1)NCc1ncccc1C. The minimum atomic E-state index is 0.213. The van der Waals surface area contributed by atoms with E-state index in [0.717, 1.165) is 41.4 Å². The van der Waals surface area contributed by atoms with Crippen molar-refractivity contribution in [3.05, 3.63) is 59.4 Å². The Kier molecular flexibility index (Phi) is 5.84. The number of guanidine groups is 1. The Labute approximate surface area is 154 Å². The molecule has 136 valence electrons. The van der Waals surface area contributed by atoms with E-state index in [2.05, 4.69) is 20.6 Å². The van der Waals surface area contributed by atoms with Gasteiger partial charge < -0.3 is 15.5 Å². The second-order valence-electron chi connectivity index (χ2n) is 6.36. The van der Waals surface area contributed by atoms with Gasteiger partial charge in [0.1, 0.15) is 0 Å². The average molecular weight is 351 g/mol. The molecule has 6 nitrogen and oxygen atoms in total. The molecule has 0 atom stereocenters. The fourth-order valence-electron chi connectivity index (χ4n) is 2.99. The van der Waals surface area contributed by atoms with Crippen molar-refractivity contribution in [2.45, 2.75) is 32.9 Å². The highest BCUT2D eigenvalue weighted by Gasteiger charge is 2.21. The van der Waals surface area contributed by atoms with Gasteiger partial charge >= 0.3 is 0 Å². The van der Waals surface area contributed by atoms with Gasteiger partial charge in [0.15, 0.2) is 5.96 Å². The monoisotopic (exact) mass is 351 g/mol. The predicted octanol–water partition coefficient (Wildman–Crippen LogP) is 2.38. The Bertz CT molecular complexity index is 785. The second kappa shape index (κ2) is 8.47. The molecule has 1 amide bonds. The zero-order chi connectivity index (χ0) is 18.4. The lowest BCUT2D eigenvalue weighted by molar-refractivity contribution is -0.117. The van der Waals surface area contributed by atoms with Gasteiger partial charge in [-0.25, -0.2) is 0 Å². The molecule has 1 saturated heterocycles. The lowest BCUT2D eigenvalue weighted by Gasteiger charge is -2.16. The summed E-state index contributed by atoms with van der Waals surface area (Å²) in [6.07, 6.45) is 3.40. The molecule has 0 saturated carbocycles. The van der Waals surface area contributed by atoms with Crippen LogP contribution < -0.4 is 15.5 Å². The van der Waals surface area contributed by atoms with Crippen molar-refractivity contribution in [3.8, 4) is 0 Å². The third-order valence-electron chi connectivity index (χ3n) is 4.55. The molecule has 1 fully saturated rings. The van der Waals surface area contributed by atoms with Gasteiger partial charge in [-0.1, -0.05) is 18.2 Å². The molecule has 1 aliphatic heterocycles. The zero-order valence-corrected chi connectivity index (χ0v) is 15.3. The van der Waals surface area contributed by atoms with Gasteiger partial charge in [0, 0.05) is 38.4 Å². The summed E-state index contributed by atoms with van der Waals surface area (Å²) >= 11 is 0. The smallest absolute Gasteiger partial charge is 0.227 e. The fourth-order valence-corrected chi connectivity index (χ4v) is 2.99. The number of pyridine rings is 1. The van der Waals surface area contributed by atoms with Crippen LogP contribution in [-0.4, -0.2) is 30.4 Å². The number of benzene rings is 1. The van der Waals surface area contributed by atoms with Gasteiger partial charge in [0.2, 0.25) is 5.91 Å². The van der Waals surface area contributed by atoms with E-state index >= 15 is 0 Å². The number of rotatable bonds is 5. The molecule has 26 heavy (non-hydrogen) atoms. The van der Waals surface area contributed by atoms with Crippen molar-refractivity contribution in [1.29, 1.82) is 0 Å². The predicted molar refractivity (Wildman–Crippen MR) is 104 cm³/mol. The van der Waals surface area contributed by atoms with Crippen LogP contribution in [0, 0.1) is 6.92 Å². The topological polar surface area (TPSA) is 69.6 Å². The zero-order valence-electron chi connectivity index (χ0n) is 15.3. The number of aryl methyl sites for hydroxylation is 1. The van der Waals surface area contributed by atoms with Crippen LogP contribution in [0.4, 0.5) is 5.69 Å². The number of amides is 1. The van der Waals surface area contributed by atoms with E-state index in [1.807, 2.05) is 48.2 Å². The maximum atomic E-state index is 11.8. The molecule has 2 aromatic rings. The molecule has 6 heteroatoms. The Morgan fingerprint density at radius 2 is 1.96 bits per heavy atom. The molecule has 0 radical (unpaired) electrons. The van der Waals surface area contributed by atoms with E-state index in [9.17, 15) is 4.79 Å². The van der Waals surface area contributed by atoms with Crippen molar-refractivity contribution in [1.82, 2.24) is 15.6 Å². The Hall–Kier alpha value is -2.89. The van der Waals surface area contributed by atoms with Crippen LogP contribution in [0.1, 0.15) is 29.7 Å². The van der Waals surface area contributed by atoms with Gasteiger partial charge in [-0.05, 0) is 42.7 Å². The molecule has 0 aliphatic carbocycles. The van der Waals surface area contributed by atoms with Crippen molar-refractivity contribution >= 4 is 17.6 Å². The highest BCUT2D eigenvalue weighted by molar-refractivity contribution is 5.95. The molecule has 2 heterocycles. The number of nitrogens with one attached hydrogen (secondary N) is 2. The third-order valence-corrected chi connectivity index (χ3v) is 4.55. The van der Waals surface area contributed by atoms with E-state index in [-0.39, 0.29) is 5.91 Å². The molecule has 0 unspecified atom stereocenters. The average Bonchev–Trinajstić information content (AvgIpc) is 3.09. The van der Waals surface area contributed by atoms with Crippen LogP contribution in [0.5, 0.6) is 0 Å². The van der Waals surface area contributed by atoms with Crippen molar-refractivity contribution in [2.24, 2.45) is 4.99 Å². The normalized spacial score (nSPS) is 14.6. The summed E-state index contributed by atoms with van der Waals surface area (Å²) in [5.74, 6) is 0.944. The first-order chi connectivity index (χ1) is 12.7. The summed E-state index contributed by atoms with van der Waals surface area (Å²) in [6, 6.07) is 12.1. The van der Waals surface area contributed by atoms with E-state index in [1.165, 1.54) is 0 Å². The Morgan fingerprint density at radius 3 is 2.62 bits per heavy atom. The molecule has 0 spiro atoms. The first-order valence-corrected chi connectivity index (χ1v) is 8.91. The van der Waals surface area contributed by atoms with E-state index < -0.39 is 0 Å². The number of carbonyl (C=O) groups is 1. The minimum absolute atomic E-state index is 0.213. The summed E-state index contributed by atoms with van der Waals surface area (Å²) in [4.78, 5) is 22.3. The number of carbonyl (C=O) groups excluding carboxylic acids is 1. The van der Waals surface area contributed by atoms with Crippen LogP contribution in [0.25, 0.3) is 0 Å². The first-order valence-electron chi connectivity index (χ1n) is 8.91. The molecule has 3 rings (SSSR count). The number of aliphatic imine (C=N–C) groups is 1.